The molecule has 0 fully saturated rings. The molecule has 2 aromatic carbocycles. The van der Waals surface area contributed by atoms with Gasteiger partial charge in [0.15, 0.2) is 0 Å². The van der Waals surface area contributed by atoms with Gasteiger partial charge in [0.05, 0.1) is 13.2 Å². The number of hydrogen-bond donors (Lipinski definition) is 1. The molecule has 0 saturated heterocycles. The van der Waals surface area contributed by atoms with Crippen LogP contribution in [-0.4, -0.2) is 12.6 Å². The summed E-state index contributed by atoms with van der Waals surface area (Å²) in [5.74, 6) is 0.485. The SMILES string of the molecule is COc1ccc(NC(C)(C#N)Cc2ccc(F)cc2)cc1. The van der Waals surface area contributed by atoms with Crippen LogP contribution in [0.1, 0.15) is 12.5 Å². The zero-order valence-electron chi connectivity index (χ0n) is 12.1. The highest BCUT2D eigenvalue weighted by Crippen LogP contribution is 2.22. The summed E-state index contributed by atoms with van der Waals surface area (Å²) >= 11 is 0. The molecule has 1 atom stereocenters. The highest BCUT2D eigenvalue weighted by atomic mass is 19.1. The molecule has 4 heteroatoms. The molecule has 2 aromatic rings. The van der Waals surface area contributed by atoms with Crippen molar-refractivity contribution < 1.29 is 9.13 Å². The van der Waals surface area contributed by atoms with Crippen molar-refractivity contribution in [3.8, 4) is 11.8 Å². The third kappa shape index (κ3) is 3.96. The minimum Gasteiger partial charge on any atom is -0.497 e. The zero-order chi connectivity index (χ0) is 15.3. The smallest absolute Gasteiger partial charge is 0.126 e. The van der Waals surface area contributed by atoms with E-state index in [1.807, 2.05) is 31.2 Å². The molecule has 108 valence electrons. The first-order valence-electron chi connectivity index (χ1n) is 6.62. The summed E-state index contributed by atoms with van der Waals surface area (Å²) in [7, 11) is 1.61. The molecule has 0 saturated carbocycles. The van der Waals surface area contributed by atoms with Gasteiger partial charge in [-0.05, 0) is 48.9 Å². The second kappa shape index (κ2) is 6.27. The van der Waals surface area contributed by atoms with Crippen LogP contribution < -0.4 is 10.1 Å². The van der Waals surface area contributed by atoms with Crippen LogP contribution >= 0.6 is 0 Å². The molecule has 21 heavy (non-hydrogen) atoms. The standard InChI is InChI=1S/C17H17FN2O/c1-17(12-19,11-13-3-5-14(18)6-4-13)20-15-7-9-16(21-2)10-8-15/h3-10,20H,11H2,1-2H3. The monoisotopic (exact) mass is 284 g/mol. The van der Waals surface area contributed by atoms with Gasteiger partial charge in [0.1, 0.15) is 17.1 Å². The van der Waals surface area contributed by atoms with Crippen molar-refractivity contribution in [3.63, 3.8) is 0 Å². The molecule has 3 nitrogen and oxygen atoms in total. The molecule has 0 aliphatic heterocycles. The van der Waals surface area contributed by atoms with Gasteiger partial charge in [-0.3, -0.25) is 0 Å². The van der Waals surface area contributed by atoms with Gasteiger partial charge in [0.25, 0.3) is 0 Å². The number of nitrogens with one attached hydrogen (secondary N) is 1. The van der Waals surface area contributed by atoms with Crippen LogP contribution in [0.3, 0.4) is 0 Å². The lowest BCUT2D eigenvalue weighted by Gasteiger charge is -2.24. The third-order valence-electron chi connectivity index (χ3n) is 3.23. The number of halogens is 1. The fourth-order valence-corrected chi connectivity index (χ4v) is 2.12. The third-order valence-corrected chi connectivity index (χ3v) is 3.23. The van der Waals surface area contributed by atoms with Crippen LogP contribution in [0.25, 0.3) is 0 Å². The van der Waals surface area contributed by atoms with Crippen LogP contribution in [0.15, 0.2) is 48.5 Å². The molecular weight excluding hydrogens is 267 g/mol. The molecule has 0 bridgehead atoms. The Kier molecular flexibility index (Phi) is 4.44. The second-order valence-corrected chi connectivity index (χ2v) is 5.10. The molecule has 0 aliphatic rings. The average molecular weight is 284 g/mol. The predicted molar refractivity (Wildman–Crippen MR) is 80.7 cm³/mol. The Morgan fingerprint density at radius 1 is 1.14 bits per heavy atom. The number of rotatable bonds is 5. The first-order valence-corrected chi connectivity index (χ1v) is 6.62. The minimum atomic E-state index is -0.771. The van der Waals surface area contributed by atoms with Gasteiger partial charge in [-0.2, -0.15) is 5.26 Å². The maximum atomic E-state index is 12.9. The first-order chi connectivity index (χ1) is 10.0. The van der Waals surface area contributed by atoms with Crippen LogP contribution in [0.4, 0.5) is 10.1 Å². The van der Waals surface area contributed by atoms with E-state index in [1.54, 1.807) is 19.2 Å². The zero-order valence-corrected chi connectivity index (χ0v) is 12.1. The lowest BCUT2D eigenvalue weighted by atomic mass is 9.94. The first kappa shape index (κ1) is 14.9. The largest absolute Gasteiger partial charge is 0.497 e. The van der Waals surface area contributed by atoms with E-state index in [-0.39, 0.29) is 5.82 Å². The topological polar surface area (TPSA) is 45.0 Å². The van der Waals surface area contributed by atoms with Crippen LogP contribution in [0.2, 0.25) is 0 Å². The van der Waals surface area contributed by atoms with Crippen LogP contribution in [-0.2, 0) is 6.42 Å². The van der Waals surface area contributed by atoms with E-state index in [0.717, 1.165) is 17.0 Å². The van der Waals surface area contributed by atoms with Gasteiger partial charge in [0.2, 0.25) is 0 Å². The number of methoxy groups -OCH3 is 1. The van der Waals surface area contributed by atoms with Gasteiger partial charge in [0, 0.05) is 12.1 Å². The molecule has 0 radical (unpaired) electrons. The van der Waals surface area contributed by atoms with Crippen molar-refractivity contribution in [1.82, 2.24) is 0 Å². The summed E-state index contributed by atoms with van der Waals surface area (Å²) in [6.07, 6.45) is 0.482. The molecule has 0 amide bonds. The number of benzene rings is 2. The second-order valence-electron chi connectivity index (χ2n) is 5.10. The van der Waals surface area contributed by atoms with Crippen molar-refractivity contribution in [2.75, 3.05) is 12.4 Å². The molecule has 0 heterocycles. The van der Waals surface area contributed by atoms with Crippen LogP contribution in [0, 0.1) is 17.1 Å². The van der Waals surface area contributed by atoms with Crippen molar-refractivity contribution in [3.05, 3.63) is 59.9 Å². The van der Waals surface area contributed by atoms with E-state index in [9.17, 15) is 9.65 Å². The Morgan fingerprint density at radius 2 is 1.76 bits per heavy atom. The molecule has 0 aromatic heterocycles. The highest BCUT2D eigenvalue weighted by molar-refractivity contribution is 5.50. The number of hydrogen-bond acceptors (Lipinski definition) is 3. The Bertz CT molecular complexity index is 631. The van der Waals surface area contributed by atoms with Crippen molar-refractivity contribution in [2.24, 2.45) is 0 Å². The van der Waals surface area contributed by atoms with E-state index in [4.69, 9.17) is 4.74 Å². The highest BCUT2D eigenvalue weighted by Gasteiger charge is 2.24. The van der Waals surface area contributed by atoms with Gasteiger partial charge in [-0.1, -0.05) is 12.1 Å². The van der Waals surface area contributed by atoms with Crippen molar-refractivity contribution in [1.29, 1.82) is 5.26 Å². The Labute approximate surface area is 124 Å². The fraction of sp³-hybridized carbons (Fsp3) is 0.235. The van der Waals surface area contributed by atoms with Gasteiger partial charge >= 0.3 is 0 Å². The Balaban J connectivity index is 2.13. The fourth-order valence-electron chi connectivity index (χ4n) is 2.12. The predicted octanol–water partition coefficient (Wildman–Crippen LogP) is 3.77. The summed E-state index contributed by atoms with van der Waals surface area (Å²) in [4.78, 5) is 0. The quantitative estimate of drug-likeness (QED) is 0.909. The lowest BCUT2D eigenvalue weighted by molar-refractivity contribution is 0.415. The van der Waals surface area contributed by atoms with E-state index in [2.05, 4.69) is 11.4 Å². The molecular formula is C17H17FN2O. The van der Waals surface area contributed by atoms with Crippen LogP contribution in [0.5, 0.6) is 5.75 Å². The molecule has 2 rings (SSSR count). The van der Waals surface area contributed by atoms with E-state index >= 15 is 0 Å². The lowest BCUT2D eigenvalue weighted by Crippen LogP contribution is -2.35. The normalized spacial score (nSPS) is 13.0. The van der Waals surface area contributed by atoms with Crippen molar-refractivity contribution >= 4 is 5.69 Å². The number of nitriles is 1. The van der Waals surface area contributed by atoms with Gasteiger partial charge < -0.3 is 10.1 Å². The molecule has 1 unspecified atom stereocenters. The minimum absolute atomic E-state index is 0.277. The van der Waals surface area contributed by atoms with E-state index in [0.29, 0.717) is 6.42 Å². The number of anilines is 1. The van der Waals surface area contributed by atoms with Gasteiger partial charge in [-0.15, -0.1) is 0 Å². The maximum Gasteiger partial charge on any atom is 0.126 e. The summed E-state index contributed by atoms with van der Waals surface area (Å²) in [5, 5.41) is 12.7. The summed E-state index contributed by atoms with van der Waals surface area (Å²) in [5.41, 5.74) is 0.968. The van der Waals surface area contributed by atoms with Crippen molar-refractivity contribution in [2.45, 2.75) is 18.9 Å². The number of nitrogens with zero attached hydrogens (tertiary/aromatic N) is 1. The Morgan fingerprint density at radius 3 is 2.29 bits per heavy atom. The molecule has 0 aliphatic carbocycles. The molecule has 0 spiro atoms. The maximum absolute atomic E-state index is 12.9. The van der Waals surface area contributed by atoms with E-state index in [1.165, 1.54) is 12.1 Å². The average Bonchev–Trinajstić information content (AvgIpc) is 2.50. The summed E-state index contributed by atoms with van der Waals surface area (Å²) in [6.45, 7) is 1.82. The summed E-state index contributed by atoms with van der Waals surface area (Å²) < 4.78 is 18.0. The number of ether oxygens (including phenoxy) is 1. The van der Waals surface area contributed by atoms with Gasteiger partial charge in [-0.25, -0.2) is 4.39 Å². The molecule has 1 N–H and O–H groups in total. The summed E-state index contributed by atoms with van der Waals surface area (Å²) in [6, 6.07) is 15.9. The van der Waals surface area contributed by atoms with E-state index < -0.39 is 5.54 Å². The Hall–Kier alpha value is -2.54.